The second-order valence-corrected chi connectivity index (χ2v) is 2.57. The van der Waals surface area contributed by atoms with Crippen LogP contribution in [0, 0.1) is 0 Å². The van der Waals surface area contributed by atoms with Gasteiger partial charge in [-0.2, -0.15) is 0 Å². The summed E-state index contributed by atoms with van der Waals surface area (Å²) in [4.78, 5) is 12.9. The van der Waals surface area contributed by atoms with Crippen LogP contribution in [-0.4, -0.2) is 30.6 Å². The van der Waals surface area contributed by atoms with E-state index in [0.717, 1.165) is 19.5 Å². The van der Waals surface area contributed by atoms with Gasteiger partial charge in [0.1, 0.15) is 5.70 Å². The van der Waals surface area contributed by atoms with Crippen molar-refractivity contribution in [3.63, 3.8) is 0 Å². The topological polar surface area (TPSA) is 29.3 Å². The molecule has 0 radical (unpaired) electrons. The summed E-state index contributed by atoms with van der Waals surface area (Å²) in [5.41, 5.74) is 0.499. The van der Waals surface area contributed by atoms with Crippen LogP contribution in [-0.2, 0) is 9.53 Å². The van der Waals surface area contributed by atoms with Crippen LogP contribution in [0.5, 0.6) is 0 Å². The van der Waals surface area contributed by atoms with E-state index in [1.807, 2.05) is 11.8 Å². The predicted octanol–water partition coefficient (Wildman–Crippen LogP) is 0.769. The molecule has 3 heteroatoms. The Hall–Kier alpha value is -0.990. The van der Waals surface area contributed by atoms with E-state index in [0.29, 0.717) is 12.3 Å². The van der Waals surface area contributed by atoms with E-state index in [4.69, 9.17) is 4.74 Å². The van der Waals surface area contributed by atoms with Crippen molar-refractivity contribution in [2.24, 2.45) is 0 Å². The van der Waals surface area contributed by atoms with Gasteiger partial charge < -0.3 is 9.64 Å². The van der Waals surface area contributed by atoms with Crippen LogP contribution in [0.25, 0.3) is 0 Å². The van der Waals surface area contributed by atoms with Crippen molar-refractivity contribution in [2.45, 2.75) is 13.3 Å². The highest BCUT2D eigenvalue weighted by molar-refractivity contribution is 5.87. The highest BCUT2D eigenvalue weighted by atomic mass is 16.5. The van der Waals surface area contributed by atoms with Gasteiger partial charge in [-0.3, -0.25) is 0 Å². The fourth-order valence-electron chi connectivity index (χ4n) is 0.727. The Morgan fingerprint density at radius 3 is 2.73 bits per heavy atom. The van der Waals surface area contributed by atoms with Crippen molar-refractivity contribution >= 4 is 5.97 Å². The van der Waals surface area contributed by atoms with Crippen LogP contribution in [0.15, 0.2) is 12.3 Å². The van der Waals surface area contributed by atoms with E-state index < -0.39 is 0 Å². The number of hydrogen-bond donors (Lipinski definition) is 0. The molecule has 62 valence electrons. The molecule has 0 N–H and O–H groups in total. The zero-order chi connectivity index (χ0) is 8.27. The van der Waals surface area contributed by atoms with Crippen molar-refractivity contribution in [3.8, 4) is 0 Å². The number of esters is 1. The number of rotatable bonds is 4. The van der Waals surface area contributed by atoms with Gasteiger partial charge in [-0.1, -0.05) is 13.5 Å². The van der Waals surface area contributed by atoms with Gasteiger partial charge in [0.25, 0.3) is 0 Å². The van der Waals surface area contributed by atoms with Crippen LogP contribution >= 0.6 is 0 Å². The van der Waals surface area contributed by atoms with Gasteiger partial charge in [-0.15, -0.1) is 0 Å². The molecule has 0 aromatic heterocycles. The lowest BCUT2D eigenvalue weighted by Crippen LogP contribution is -2.13. The maximum absolute atomic E-state index is 11.0. The molecule has 1 aliphatic heterocycles. The number of carbonyl (C=O) groups is 1. The van der Waals surface area contributed by atoms with Crippen molar-refractivity contribution < 1.29 is 9.53 Å². The molecule has 0 aromatic carbocycles. The Balaban J connectivity index is 2.22. The zero-order valence-corrected chi connectivity index (χ0v) is 6.80. The third-order valence-corrected chi connectivity index (χ3v) is 1.50. The quantitative estimate of drug-likeness (QED) is 0.341. The van der Waals surface area contributed by atoms with Gasteiger partial charge >= 0.3 is 5.97 Å². The highest BCUT2D eigenvalue weighted by Crippen LogP contribution is 2.13. The van der Waals surface area contributed by atoms with E-state index in [1.54, 1.807) is 0 Å². The second kappa shape index (κ2) is 3.42. The van der Waals surface area contributed by atoms with Gasteiger partial charge in [-0.25, -0.2) is 4.79 Å². The van der Waals surface area contributed by atoms with Gasteiger partial charge in [-0.05, 0) is 6.42 Å². The molecule has 1 aliphatic rings. The Morgan fingerprint density at radius 2 is 2.27 bits per heavy atom. The normalized spacial score (nSPS) is 14.5. The van der Waals surface area contributed by atoms with E-state index >= 15 is 0 Å². The molecule has 1 saturated heterocycles. The highest BCUT2D eigenvalue weighted by Gasteiger charge is 2.24. The van der Waals surface area contributed by atoms with Crippen LogP contribution in [0.3, 0.4) is 0 Å². The van der Waals surface area contributed by atoms with E-state index in [9.17, 15) is 4.79 Å². The van der Waals surface area contributed by atoms with Gasteiger partial charge in [0.15, 0.2) is 0 Å². The Labute approximate surface area is 66.6 Å². The van der Waals surface area contributed by atoms with Gasteiger partial charge in [0.05, 0.1) is 6.61 Å². The molecule has 11 heavy (non-hydrogen) atoms. The third-order valence-electron chi connectivity index (χ3n) is 1.50. The molecule has 0 bridgehead atoms. The molecule has 0 aliphatic carbocycles. The van der Waals surface area contributed by atoms with Crippen LogP contribution in [0.1, 0.15) is 13.3 Å². The Kier molecular flexibility index (Phi) is 2.52. The molecule has 3 nitrogen and oxygen atoms in total. The minimum absolute atomic E-state index is 0.274. The molecule has 0 amide bonds. The predicted molar refractivity (Wildman–Crippen MR) is 42.0 cm³/mol. The maximum atomic E-state index is 11.0. The SMILES string of the molecule is C=C(C(=O)OCCC)N1CC1. The van der Waals surface area contributed by atoms with Crippen molar-refractivity contribution in [2.75, 3.05) is 19.7 Å². The molecule has 0 spiro atoms. The number of nitrogens with zero attached hydrogens (tertiary/aromatic N) is 1. The van der Waals surface area contributed by atoms with Crippen molar-refractivity contribution in [3.05, 3.63) is 12.3 Å². The molecule has 0 atom stereocenters. The molecule has 0 unspecified atom stereocenters. The number of ether oxygens (including phenoxy) is 1. The van der Waals surface area contributed by atoms with Gasteiger partial charge in [0, 0.05) is 13.1 Å². The summed E-state index contributed by atoms with van der Waals surface area (Å²) in [6.07, 6.45) is 0.860. The summed E-state index contributed by atoms with van der Waals surface area (Å²) in [6.45, 7) is 7.97. The first kappa shape index (κ1) is 8.11. The summed E-state index contributed by atoms with van der Waals surface area (Å²) in [5, 5.41) is 0. The van der Waals surface area contributed by atoms with E-state index in [1.165, 1.54) is 0 Å². The van der Waals surface area contributed by atoms with Crippen LogP contribution in [0.4, 0.5) is 0 Å². The fraction of sp³-hybridized carbons (Fsp3) is 0.625. The molecule has 1 rings (SSSR count). The lowest BCUT2D eigenvalue weighted by atomic mass is 10.5. The summed E-state index contributed by atoms with van der Waals surface area (Å²) in [7, 11) is 0. The lowest BCUT2D eigenvalue weighted by Gasteiger charge is -2.05. The van der Waals surface area contributed by atoms with E-state index in [2.05, 4.69) is 6.58 Å². The van der Waals surface area contributed by atoms with Gasteiger partial charge in [0.2, 0.25) is 0 Å². The Bertz CT molecular complexity index is 173. The number of hydrogen-bond acceptors (Lipinski definition) is 3. The van der Waals surface area contributed by atoms with Crippen LogP contribution < -0.4 is 0 Å². The summed E-state index contributed by atoms with van der Waals surface area (Å²) >= 11 is 0. The molecular weight excluding hydrogens is 142 g/mol. The molecular formula is C8H13NO2. The van der Waals surface area contributed by atoms with E-state index in [-0.39, 0.29) is 5.97 Å². The second-order valence-electron chi connectivity index (χ2n) is 2.57. The smallest absolute Gasteiger partial charge is 0.353 e. The number of carbonyl (C=O) groups excluding carboxylic acids is 1. The first-order valence-electron chi connectivity index (χ1n) is 3.86. The molecule has 1 fully saturated rings. The third kappa shape index (κ3) is 2.26. The fourth-order valence-corrected chi connectivity index (χ4v) is 0.727. The van der Waals surface area contributed by atoms with Crippen molar-refractivity contribution in [1.82, 2.24) is 4.90 Å². The van der Waals surface area contributed by atoms with Crippen molar-refractivity contribution in [1.29, 1.82) is 0 Å². The van der Waals surface area contributed by atoms with Crippen LogP contribution in [0.2, 0.25) is 0 Å². The first-order valence-corrected chi connectivity index (χ1v) is 3.86. The maximum Gasteiger partial charge on any atom is 0.353 e. The average Bonchev–Trinajstić information content (AvgIpc) is 2.81. The minimum Gasteiger partial charge on any atom is -0.461 e. The minimum atomic E-state index is -0.274. The lowest BCUT2D eigenvalue weighted by molar-refractivity contribution is -0.140. The first-order chi connectivity index (χ1) is 5.25. The molecule has 0 saturated carbocycles. The average molecular weight is 155 g/mol. The molecule has 1 heterocycles. The Morgan fingerprint density at radius 1 is 1.64 bits per heavy atom. The largest absolute Gasteiger partial charge is 0.461 e. The summed E-state index contributed by atoms with van der Waals surface area (Å²) in [5.74, 6) is -0.274. The summed E-state index contributed by atoms with van der Waals surface area (Å²) < 4.78 is 4.87. The summed E-state index contributed by atoms with van der Waals surface area (Å²) in [6, 6.07) is 0. The zero-order valence-electron chi connectivity index (χ0n) is 6.80. The molecule has 0 aromatic rings. The monoisotopic (exact) mass is 155 g/mol. The standard InChI is InChI=1S/C8H13NO2/c1-3-6-11-8(10)7(2)9-4-5-9/h2-6H2,1H3.